The van der Waals surface area contributed by atoms with Crippen LogP contribution in [0.2, 0.25) is 0 Å². The van der Waals surface area contributed by atoms with Gasteiger partial charge in [0.05, 0.1) is 13.2 Å². The molecule has 1 N–H and O–H groups in total. The molecule has 0 radical (unpaired) electrons. The van der Waals surface area contributed by atoms with Crippen molar-refractivity contribution in [3.05, 3.63) is 71.9 Å². The van der Waals surface area contributed by atoms with Crippen molar-refractivity contribution in [2.45, 2.75) is 13.1 Å². The van der Waals surface area contributed by atoms with Crippen LogP contribution < -0.4 is 0 Å². The summed E-state index contributed by atoms with van der Waals surface area (Å²) in [7, 11) is 0. The maximum atomic E-state index is 9.48. The maximum Gasteiger partial charge on any atom is 0.0593 e. The number of rotatable bonds is 5. The number of hydrogen-bond acceptors (Lipinski definition) is 3. The van der Waals surface area contributed by atoms with Crippen LogP contribution in [0.5, 0.6) is 0 Å². The molecule has 0 aliphatic carbocycles. The predicted octanol–water partition coefficient (Wildman–Crippen LogP) is 3.13. The van der Waals surface area contributed by atoms with E-state index in [1.807, 2.05) is 0 Å². The molecule has 2 heterocycles. The van der Waals surface area contributed by atoms with Crippen molar-refractivity contribution in [3.63, 3.8) is 0 Å². The Balaban J connectivity index is 1.54. The molecule has 1 aromatic heterocycles. The molecule has 1 aliphatic heterocycles. The van der Waals surface area contributed by atoms with E-state index in [9.17, 15) is 5.11 Å². The summed E-state index contributed by atoms with van der Waals surface area (Å²) in [6.07, 6.45) is 2.17. The van der Waals surface area contributed by atoms with Crippen LogP contribution >= 0.6 is 0 Å². The van der Waals surface area contributed by atoms with Crippen LogP contribution in [0.3, 0.4) is 0 Å². The van der Waals surface area contributed by atoms with E-state index in [1.165, 1.54) is 22.0 Å². The summed E-state index contributed by atoms with van der Waals surface area (Å²) in [5.74, 6) is 0.211. The molecule has 0 bridgehead atoms. The standard InChI is InChI=1S/C22H26N2O2/c25-16-20-14-23(10-11-26-17-20)13-19-6-7-21-8-9-24(22(21)12-19)15-18-4-2-1-3-5-18/h1-9,12,20,25H,10-11,13-17H2/t20-/m1/s1. The van der Waals surface area contributed by atoms with Crippen molar-refractivity contribution in [2.75, 3.05) is 32.9 Å². The quantitative estimate of drug-likeness (QED) is 0.768. The highest BCUT2D eigenvalue weighted by Gasteiger charge is 2.18. The van der Waals surface area contributed by atoms with Gasteiger partial charge >= 0.3 is 0 Å². The minimum atomic E-state index is 0.190. The first-order valence-electron chi connectivity index (χ1n) is 9.34. The predicted molar refractivity (Wildman–Crippen MR) is 104 cm³/mol. The van der Waals surface area contributed by atoms with Crippen molar-refractivity contribution in [1.29, 1.82) is 0 Å². The molecule has 1 atom stereocenters. The van der Waals surface area contributed by atoms with E-state index in [-0.39, 0.29) is 12.5 Å². The van der Waals surface area contributed by atoms with Crippen LogP contribution in [0.4, 0.5) is 0 Å². The maximum absolute atomic E-state index is 9.48. The fourth-order valence-electron chi connectivity index (χ4n) is 3.71. The molecule has 1 saturated heterocycles. The van der Waals surface area contributed by atoms with Gasteiger partial charge in [0.25, 0.3) is 0 Å². The zero-order chi connectivity index (χ0) is 17.8. The van der Waals surface area contributed by atoms with Crippen LogP contribution in [0.15, 0.2) is 60.8 Å². The smallest absolute Gasteiger partial charge is 0.0593 e. The Morgan fingerprint density at radius 3 is 2.73 bits per heavy atom. The highest BCUT2D eigenvalue weighted by molar-refractivity contribution is 5.81. The normalized spacial score (nSPS) is 18.9. The molecule has 3 aromatic rings. The van der Waals surface area contributed by atoms with E-state index in [2.05, 4.69) is 70.3 Å². The van der Waals surface area contributed by atoms with Gasteiger partial charge in [0, 0.05) is 50.4 Å². The van der Waals surface area contributed by atoms with Gasteiger partial charge in [-0.2, -0.15) is 0 Å². The van der Waals surface area contributed by atoms with Crippen molar-refractivity contribution >= 4 is 10.9 Å². The van der Waals surface area contributed by atoms with Gasteiger partial charge in [-0.1, -0.05) is 42.5 Å². The molecule has 1 fully saturated rings. The number of benzene rings is 2. The van der Waals surface area contributed by atoms with E-state index in [0.717, 1.165) is 32.8 Å². The first-order valence-corrected chi connectivity index (χ1v) is 9.34. The molecule has 0 saturated carbocycles. The second-order valence-corrected chi connectivity index (χ2v) is 7.18. The third kappa shape index (κ3) is 3.98. The number of nitrogens with zero attached hydrogens (tertiary/aromatic N) is 2. The fraction of sp³-hybridized carbons (Fsp3) is 0.364. The lowest BCUT2D eigenvalue weighted by atomic mass is 10.1. The van der Waals surface area contributed by atoms with Crippen molar-refractivity contribution in [2.24, 2.45) is 5.92 Å². The highest BCUT2D eigenvalue weighted by atomic mass is 16.5. The number of aliphatic hydroxyl groups excluding tert-OH is 1. The number of aromatic nitrogens is 1. The number of hydrogen-bond donors (Lipinski definition) is 1. The monoisotopic (exact) mass is 350 g/mol. The van der Waals surface area contributed by atoms with Crippen LogP contribution in [-0.4, -0.2) is 47.5 Å². The fourth-order valence-corrected chi connectivity index (χ4v) is 3.71. The average Bonchev–Trinajstić information content (AvgIpc) is 2.92. The van der Waals surface area contributed by atoms with E-state index in [4.69, 9.17) is 4.74 Å². The van der Waals surface area contributed by atoms with Crippen LogP contribution in [0.1, 0.15) is 11.1 Å². The molecule has 4 nitrogen and oxygen atoms in total. The number of fused-ring (bicyclic) bond motifs is 1. The lowest BCUT2D eigenvalue weighted by Gasteiger charge is -2.22. The second kappa shape index (κ2) is 8.04. The topological polar surface area (TPSA) is 37.6 Å². The average molecular weight is 350 g/mol. The summed E-state index contributed by atoms with van der Waals surface area (Å²) in [6, 6.07) is 19.5. The Hall–Kier alpha value is -2.14. The van der Waals surface area contributed by atoms with Gasteiger partial charge in [-0.15, -0.1) is 0 Å². The van der Waals surface area contributed by atoms with E-state index < -0.39 is 0 Å². The van der Waals surface area contributed by atoms with Gasteiger partial charge in [0.2, 0.25) is 0 Å². The molecule has 4 rings (SSSR count). The Kier molecular flexibility index (Phi) is 5.34. The molecule has 26 heavy (non-hydrogen) atoms. The van der Waals surface area contributed by atoms with Gasteiger partial charge in [-0.05, 0) is 28.6 Å². The van der Waals surface area contributed by atoms with Crippen molar-refractivity contribution < 1.29 is 9.84 Å². The molecule has 1 aliphatic rings. The summed E-state index contributed by atoms with van der Waals surface area (Å²) in [6.45, 7) is 5.17. The SMILES string of the molecule is OC[C@@H]1COCCN(Cc2ccc3ccn(Cc4ccccc4)c3c2)C1. The summed E-state index contributed by atoms with van der Waals surface area (Å²) in [5, 5.41) is 10.8. The molecular formula is C22H26N2O2. The third-order valence-electron chi connectivity index (χ3n) is 5.12. The molecule has 0 spiro atoms. The lowest BCUT2D eigenvalue weighted by molar-refractivity contribution is 0.0958. The second-order valence-electron chi connectivity index (χ2n) is 7.18. The van der Waals surface area contributed by atoms with Crippen molar-refractivity contribution in [3.8, 4) is 0 Å². The lowest BCUT2D eigenvalue weighted by Crippen LogP contribution is -2.31. The Morgan fingerprint density at radius 2 is 1.88 bits per heavy atom. The van der Waals surface area contributed by atoms with Crippen molar-refractivity contribution in [1.82, 2.24) is 9.47 Å². The molecule has 0 unspecified atom stereocenters. The summed E-state index contributed by atoms with van der Waals surface area (Å²) >= 11 is 0. The van der Waals surface area contributed by atoms with Gasteiger partial charge in [0.15, 0.2) is 0 Å². The van der Waals surface area contributed by atoms with Crippen LogP contribution in [-0.2, 0) is 17.8 Å². The molecule has 2 aromatic carbocycles. The highest BCUT2D eigenvalue weighted by Crippen LogP contribution is 2.21. The molecule has 136 valence electrons. The first kappa shape index (κ1) is 17.3. The third-order valence-corrected chi connectivity index (χ3v) is 5.12. The van der Waals surface area contributed by atoms with E-state index >= 15 is 0 Å². The summed E-state index contributed by atoms with van der Waals surface area (Å²) in [5.41, 5.74) is 3.89. The van der Waals surface area contributed by atoms with Gasteiger partial charge < -0.3 is 14.4 Å². The summed E-state index contributed by atoms with van der Waals surface area (Å²) in [4.78, 5) is 2.39. The summed E-state index contributed by atoms with van der Waals surface area (Å²) < 4.78 is 7.92. The number of aliphatic hydroxyl groups is 1. The van der Waals surface area contributed by atoms with E-state index in [0.29, 0.717) is 6.61 Å². The van der Waals surface area contributed by atoms with Gasteiger partial charge in [0.1, 0.15) is 0 Å². The molecule has 4 heteroatoms. The molecular weight excluding hydrogens is 324 g/mol. The minimum absolute atomic E-state index is 0.190. The molecule has 0 amide bonds. The Morgan fingerprint density at radius 1 is 1.00 bits per heavy atom. The Labute approximate surface area is 154 Å². The van der Waals surface area contributed by atoms with Gasteiger partial charge in [-0.3, -0.25) is 4.90 Å². The minimum Gasteiger partial charge on any atom is -0.396 e. The van der Waals surface area contributed by atoms with Gasteiger partial charge in [-0.25, -0.2) is 0 Å². The van der Waals surface area contributed by atoms with Crippen LogP contribution in [0, 0.1) is 5.92 Å². The Bertz CT molecular complexity index is 844. The number of ether oxygens (including phenoxy) is 1. The first-order chi connectivity index (χ1) is 12.8. The zero-order valence-electron chi connectivity index (χ0n) is 15.1. The van der Waals surface area contributed by atoms with Crippen LogP contribution in [0.25, 0.3) is 10.9 Å². The largest absolute Gasteiger partial charge is 0.396 e. The van der Waals surface area contributed by atoms with E-state index in [1.54, 1.807) is 0 Å². The zero-order valence-corrected chi connectivity index (χ0v) is 15.1.